The normalized spacial score (nSPS) is 24.2. The van der Waals surface area contributed by atoms with Crippen LogP contribution in [-0.4, -0.2) is 37.2 Å². The van der Waals surface area contributed by atoms with Crippen LogP contribution in [0.3, 0.4) is 0 Å². The maximum Gasteiger partial charge on any atom is 0.0702 e. The maximum absolute atomic E-state index is 5.70. The van der Waals surface area contributed by atoms with Crippen molar-refractivity contribution in [2.75, 3.05) is 26.2 Å². The van der Waals surface area contributed by atoms with Crippen molar-refractivity contribution in [3.05, 3.63) is 0 Å². The van der Waals surface area contributed by atoms with Gasteiger partial charge in [-0.15, -0.1) is 6.42 Å². The van der Waals surface area contributed by atoms with Gasteiger partial charge >= 0.3 is 0 Å². The van der Waals surface area contributed by atoms with Crippen molar-refractivity contribution in [2.45, 2.75) is 32.3 Å². The topological polar surface area (TPSA) is 12.5 Å². The number of likely N-dealkylation sites (tertiary alicyclic amines) is 1. The Hall–Kier alpha value is -0.520. The second kappa shape index (κ2) is 6.01. The van der Waals surface area contributed by atoms with Crippen molar-refractivity contribution >= 4 is 0 Å². The van der Waals surface area contributed by atoms with Gasteiger partial charge in [0.05, 0.1) is 12.6 Å². The van der Waals surface area contributed by atoms with Crippen molar-refractivity contribution in [1.29, 1.82) is 0 Å². The van der Waals surface area contributed by atoms with Crippen LogP contribution in [0.4, 0.5) is 0 Å². The molecule has 74 valence electrons. The summed E-state index contributed by atoms with van der Waals surface area (Å²) < 4.78 is 5.70. The van der Waals surface area contributed by atoms with E-state index in [1.165, 1.54) is 12.8 Å². The van der Waals surface area contributed by atoms with E-state index in [1.807, 2.05) is 0 Å². The van der Waals surface area contributed by atoms with E-state index in [1.54, 1.807) is 0 Å². The van der Waals surface area contributed by atoms with E-state index in [4.69, 9.17) is 11.2 Å². The molecule has 0 spiro atoms. The molecule has 13 heavy (non-hydrogen) atoms. The van der Waals surface area contributed by atoms with Crippen LogP contribution in [0, 0.1) is 12.3 Å². The highest BCUT2D eigenvalue weighted by Crippen LogP contribution is 2.12. The van der Waals surface area contributed by atoms with Gasteiger partial charge in [-0.1, -0.05) is 12.8 Å². The third-order valence-electron chi connectivity index (χ3n) is 2.33. The van der Waals surface area contributed by atoms with Crippen LogP contribution < -0.4 is 0 Å². The number of terminal acetylenes is 1. The van der Waals surface area contributed by atoms with E-state index in [0.717, 1.165) is 32.7 Å². The van der Waals surface area contributed by atoms with E-state index in [2.05, 4.69) is 17.7 Å². The highest BCUT2D eigenvalue weighted by atomic mass is 16.5. The van der Waals surface area contributed by atoms with Crippen molar-refractivity contribution in [3.63, 3.8) is 0 Å². The second-order valence-electron chi connectivity index (χ2n) is 3.57. The highest BCUT2D eigenvalue weighted by Gasteiger charge is 2.18. The van der Waals surface area contributed by atoms with Crippen LogP contribution in [0.1, 0.15) is 26.2 Å². The SMILES string of the molecule is C#CCN1CCCC(OCCC)C1. The number of rotatable bonds is 4. The zero-order chi connectivity index (χ0) is 9.52. The molecule has 0 aromatic rings. The van der Waals surface area contributed by atoms with Crippen LogP contribution in [0.15, 0.2) is 0 Å². The smallest absolute Gasteiger partial charge is 0.0702 e. The van der Waals surface area contributed by atoms with Crippen molar-refractivity contribution in [2.24, 2.45) is 0 Å². The van der Waals surface area contributed by atoms with Gasteiger partial charge in [0, 0.05) is 13.2 Å². The molecular formula is C11H19NO. The average molecular weight is 181 g/mol. The van der Waals surface area contributed by atoms with Gasteiger partial charge in [-0.05, 0) is 25.8 Å². The predicted octanol–water partition coefficient (Wildman–Crippen LogP) is 1.51. The standard InChI is InChI=1S/C11H19NO/c1-3-7-12-8-5-6-11(10-12)13-9-4-2/h1,11H,4-10H2,2H3. The zero-order valence-corrected chi connectivity index (χ0v) is 8.46. The zero-order valence-electron chi connectivity index (χ0n) is 8.46. The molecule has 0 bridgehead atoms. The molecule has 1 unspecified atom stereocenters. The van der Waals surface area contributed by atoms with Crippen LogP contribution in [0.5, 0.6) is 0 Å². The van der Waals surface area contributed by atoms with Gasteiger partial charge in [0.15, 0.2) is 0 Å². The van der Waals surface area contributed by atoms with Crippen molar-refractivity contribution in [1.82, 2.24) is 4.90 Å². The fourth-order valence-electron chi connectivity index (χ4n) is 1.71. The molecular weight excluding hydrogens is 162 g/mol. The van der Waals surface area contributed by atoms with Gasteiger partial charge < -0.3 is 4.74 Å². The minimum atomic E-state index is 0.419. The van der Waals surface area contributed by atoms with Gasteiger partial charge in [-0.3, -0.25) is 4.90 Å². The Kier molecular flexibility index (Phi) is 4.88. The first kappa shape index (κ1) is 10.6. The summed E-state index contributed by atoms with van der Waals surface area (Å²) in [4.78, 5) is 2.30. The summed E-state index contributed by atoms with van der Waals surface area (Å²) in [5, 5.41) is 0. The minimum Gasteiger partial charge on any atom is -0.377 e. The summed E-state index contributed by atoms with van der Waals surface area (Å²) in [7, 11) is 0. The first-order chi connectivity index (χ1) is 6.36. The van der Waals surface area contributed by atoms with Gasteiger partial charge in [0.2, 0.25) is 0 Å². The Morgan fingerprint density at radius 2 is 2.46 bits per heavy atom. The summed E-state index contributed by atoms with van der Waals surface area (Å²) in [5.74, 6) is 2.68. The number of piperidine rings is 1. The van der Waals surface area contributed by atoms with E-state index in [9.17, 15) is 0 Å². The average Bonchev–Trinajstić information content (AvgIpc) is 2.16. The number of ether oxygens (including phenoxy) is 1. The van der Waals surface area contributed by atoms with Crippen LogP contribution in [0.25, 0.3) is 0 Å². The predicted molar refractivity (Wildman–Crippen MR) is 54.5 cm³/mol. The van der Waals surface area contributed by atoms with Gasteiger partial charge in [0.25, 0.3) is 0 Å². The van der Waals surface area contributed by atoms with Crippen LogP contribution in [-0.2, 0) is 4.74 Å². The summed E-state index contributed by atoms with van der Waals surface area (Å²) in [6, 6.07) is 0. The Balaban J connectivity index is 2.21. The fraction of sp³-hybridized carbons (Fsp3) is 0.818. The van der Waals surface area contributed by atoms with Gasteiger partial charge in [-0.25, -0.2) is 0 Å². The van der Waals surface area contributed by atoms with E-state index >= 15 is 0 Å². The molecule has 2 heteroatoms. The summed E-state index contributed by atoms with van der Waals surface area (Å²) >= 11 is 0. The molecule has 1 aliphatic heterocycles. The lowest BCUT2D eigenvalue weighted by molar-refractivity contribution is 0.00359. The molecule has 0 amide bonds. The molecule has 1 fully saturated rings. The molecule has 0 radical (unpaired) electrons. The lowest BCUT2D eigenvalue weighted by Gasteiger charge is -2.31. The monoisotopic (exact) mass is 181 g/mol. The second-order valence-corrected chi connectivity index (χ2v) is 3.57. The first-order valence-corrected chi connectivity index (χ1v) is 5.14. The molecule has 0 aromatic carbocycles. The third-order valence-corrected chi connectivity index (χ3v) is 2.33. The number of hydrogen-bond donors (Lipinski definition) is 0. The van der Waals surface area contributed by atoms with E-state index in [-0.39, 0.29) is 0 Å². The first-order valence-electron chi connectivity index (χ1n) is 5.14. The fourth-order valence-corrected chi connectivity index (χ4v) is 1.71. The van der Waals surface area contributed by atoms with Crippen molar-refractivity contribution in [3.8, 4) is 12.3 Å². The molecule has 2 nitrogen and oxygen atoms in total. The molecule has 1 rings (SSSR count). The van der Waals surface area contributed by atoms with Crippen LogP contribution in [0.2, 0.25) is 0 Å². The lowest BCUT2D eigenvalue weighted by atomic mass is 10.1. The molecule has 1 saturated heterocycles. The highest BCUT2D eigenvalue weighted by molar-refractivity contribution is 4.90. The molecule has 0 N–H and O–H groups in total. The quantitative estimate of drug-likeness (QED) is 0.610. The van der Waals surface area contributed by atoms with Crippen LogP contribution >= 0.6 is 0 Å². The Labute approximate surface area is 81.3 Å². The lowest BCUT2D eigenvalue weighted by Crippen LogP contribution is -2.39. The summed E-state index contributed by atoms with van der Waals surface area (Å²) in [5.41, 5.74) is 0. The molecule has 1 heterocycles. The minimum absolute atomic E-state index is 0.419. The Morgan fingerprint density at radius 1 is 1.62 bits per heavy atom. The molecule has 1 atom stereocenters. The molecule has 1 aliphatic rings. The molecule has 0 saturated carbocycles. The van der Waals surface area contributed by atoms with Gasteiger partial charge in [0.1, 0.15) is 0 Å². The Bertz CT molecular complexity index is 173. The Morgan fingerprint density at radius 3 is 3.15 bits per heavy atom. The van der Waals surface area contributed by atoms with Gasteiger partial charge in [-0.2, -0.15) is 0 Å². The molecule has 0 aliphatic carbocycles. The largest absolute Gasteiger partial charge is 0.377 e. The van der Waals surface area contributed by atoms with E-state index < -0.39 is 0 Å². The third kappa shape index (κ3) is 3.80. The molecule has 0 aromatic heterocycles. The van der Waals surface area contributed by atoms with Crippen molar-refractivity contribution < 1.29 is 4.74 Å². The van der Waals surface area contributed by atoms with E-state index in [0.29, 0.717) is 6.10 Å². The maximum atomic E-state index is 5.70. The summed E-state index contributed by atoms with van der Waals surface area (Å²) in [6.07, 6.45) is 9.21. The number of nitrogens with zero attached hydrogens (tertiary/aromatic N) is 1. The number of hydrogen-bond acceptors (Lipinski definition) is 2. The summed E-state index contributed by atoms with van der Waals surface area (Å²) in [6.45, 7) is 5.95.